The van der Waals surface area contributed by atoms with Crippen LogP contribution in [0.25, 0.3) is 5.69 Å². The Morgan fingerprint density at radius 3 is 2.58 bits per heavy atom. The SMILES string of the molecule is N#CC1(NC(=O)[C@@H]2C[C@@H](S(=O)(=O)c3ccc(-n4ccccc4=O)cc3C(F)(F)F)CN2)CC1. The number of nitriles is 1. The van der Waals surface area contributed by atoms with Gasteiger partial charge in [-0.2, -0.15) is 18.4 Å². The van der Waals surface area contributed by atoms with E-state index >= 15 is 0 Å². The van der Waals surface area contributed by atoms with Crippen molar-refractivity contribution >= 4 is 15.7 Å². The minimum Gasteiger partial charge on any atom is -0.336 e. The summed E-state index contributed by atoms with van der Waals surface area (Å²) in [5.41, 5.74) is -3.02. The third-order valence-corrected chi connectivity index (χ3v) is 8.05. The van der Waals surface area contributed by atoms with Crippen LogP contribution in [0.2, 0.25) is 0 Å². The van der Waals surface area contributed by atoms with Gasteiger partial charge in [-0.25, -0.2) is 8.42 Å². The second-order valence-electron chi connectivity index (χ2n) is 8.13. The van der Waals surface area contributed by atoms with Gasteiger partial charge >= 0.3 is 6.18 Å². The molecule has 0 radical (unpaired) electrons. The van der Waals surface area contributed by atoms with E-state index < -0.39 is 54.8 Å². The summed E-state index contributed by atoms with van der Waals surface area (Å²) < 4.78 is 68.8. The molecule has 2 aromatic rings. The summed E-state index contributed by atoms with van der Waals surface area (Å²) in [4.78, 5) is 23.5. The first-order valence-corrected chi connectivity index (χ1v) is 11.6. The van der Waals surface area contributed by atoms with Gasteiger partial charge in [0.15, 0.2) is 9.84 Å². The van der Waals surface area contributed by atoms with Crippen molar-refractivity contribution in [2.45, 2.75) is 47.2 Å². The zero-order chi connectivity index (χ0) is 24.0. The fourth-order valence-electron chi connectivity index (χ4n) is 3.81. The maximum absolute atomic E-state index is 13.8. The van der Waals surface area contributed by atoms with Gasteiger partial charge in [0.1, 0.15) is 5.54 Å². The average Bonchev–Trinajstić information content (AvgIpc) is 3.34. The number of pyridine rings is 1. The van der Waals surface area contributed by atoms with Crippen molar-refractivity contribution in [1.29, 1.82) is 5.26 Å². The van der Waals surface area contributed by atoms with Crippen molar-refractivity contribution in [2.75, 3.05) is 6.54 Å². The standard InChI is InChI=1S/C21H19F3N4O4S/c22-21(23,24)15-9-13(28-8-2-1-3-18(28)29)4-5-17(15)33(31,32)14-10-16(26-11-14)19(30)27-20(12-25)6-7-20/h1-5,8-9,14,16,26H,6-7,10-11H2,(H,27,30)/t14-,16+/m1/s1. The molecule has 0 spiro atoms. The van der Waals surface area contributed by atoms with Crippen molar-refractivity contribution in [3.8, 4) is 11.8 Å². The van der Waals surface area contributed by atoms with Crippen LogP contribution in [0.3, 0.4) is 0 Å². The Balaban J connectivity index is 1.64. The van der Waals surface area contributed by atoms with Crippen LogP contribution in [-0.2, 0) is 20.8 Å². The Morgan fingerprint density at radius 2 is 1.97 bits per heavy atom. The molecule has 2 fully saturated rings. The zero-order valence-electron chi connectivity index (χ0n) is 17.1. The summed E-state index contributed by atoms with van der Waals surface area (Å²) in [5, 5.41) is 13.1. The van der Waals surface area contributed by atoms with E-state index in [1.54, 1.807) is 0 Å². The van der Waals surface area contributed by atoms with Crippen LogP contribution >= 0.6 is 0 Å². The predicted molar refractivity (Wildman–Crippen MR) is 110 cm³/mol. The Labute approximate surface area is 186 Å². The number of sulfone groups is 1. The van der Waals surface area contributed by atoms with Crippen molar-refractivity contribution in [3.05, 3.63) is 58.5 Å². The minimum atomic E-state index is -5.00. The quantitative estimate of drug-likeness (QED) is 0.670. The molecule has 1 amide bonds. The molecule has 2 N–H and O–H groups in total. The number of carbonyl (C=O) groups excluding carboxylic acids is 1. The van der Waals surface area contributed by atoms with E-state index in [9.17, 15) is 31.2 Å². The predicted octanol–water partition coefficient (Wildman–Crippen LogP) is 1.53. The summed E-state index contributed by atoms with van der Waals surface area (Å²) in [6.07, 6.45) is -2.95. The maximum atomic E-state index is 13.8. The Morgan fingerprint density at radius 1 is 1.24 bits per heavy atom. The number of amides is 1. The van der Waals surface area contributed by atoms with Crippen LogP contribution in [0.1, 0.15) is 24.8 Å². The first kappa shape index (κ1) is 23.0. The monoisotopic (exact) mass is 480 g/mol. The lowest BCUT2D eigenvalue weighted by molar-refractivity contribution is -0.139. The van der Waals surface area contributed by atoms with Crippen molar-refractivity contribution in [2.24, 2.45) is 0 Å². The molecular formula is C21H19F3N4O4S. The van der Waals surface area contributed by atoms with Crippen LogP contribution in [0.15, 0.2) is 52.3 Å². The molecule has 0 unspecified atom stereocenters. The van der Waals surface area contributed by atoms with Gasteiger partial charge in [0.2, 0.25) is 5.91 Å². The molecule has 2 atom stereocenters. The van der Waals surface area contributed by atoms with Gasteiger partial charge in [0, 0.05) is 24.5 Å². The highest BCUT2D eigenvalue weighted by molar-refractivity contribution is 7.92. The Kier molecular flexibility index (Phi) is 5.58. The first-order chi connectivity index (χ1) is 15.5. The number of carbonyl (C=O) groups is 1. The number of nitrogens with zero attached hydrogens (tertiary/aromatic N) is 2. The second-order valence-corrected chi connectivity index (χ2v) is 10.3. The van der Waals surface area contributed by atoms with Gasteiger partial charge in [-0.15, -0.1) is 0 Å². The summed E-state index contributed by atoms with van der Waals surface area (Å²) in [5.74, 6) is -0.554. The van der Waals surface area contributed by atoms with E-state index in [0.717, 1.165) is 16.7 Å². The zero-order valence-corrected chi connectivity index (χ0v) is 17.9. The molecule has 12 heteroatoms. The normalized spacial score (nSPS) is 21.9. The fraction of sp³-hybridized carbons (Fsp3) is 0.381. The third kappa shape index (κ3) is 4.38. The number of alkyl halides is 3. The number of nitrogens with one attached hydrogen (secondary N) is 2. The van der Waals surface area contributed by atoms with Gasteiger partial charge in [0.05, 0.1) is 27.8 Å². The molecule has 8 nitrogen and oxygen atoms in total. The highest BCUT2D eigenvalue weighted by atomic mass is 32.2. The topological polar surface area (TPSA) is 121 Å². The van der Waals surface area contributed by atoms with Crippen LogP contribution in [0.4, 0.5) is 13.2 Å². The number of halogens is 3. The molecule has 2 heterocycles. The van der Waals surface area contributed by atoms with Crippen molar-refractivity contribution in [1.82, 2.24) is 15.2 Å². The maximum Gasteiger partial charge on any atom is 0.417 e. The molecule has 4 rings (SSSR count). The van der Waals surface area contributed by atoms with E-state index in [1.165, 1.54) is 24.4 Å². The summed E-state index contributed by atoms with van der Waals surface area (Å²) in [7, 11) is -4.48. The van der Waals surface area contributed by atoms with Crippen LogP contribution in [0, 0.1) is 11.3 Å². The van der Waals surface area contributed by atoms with Crippen LogP contribution in [-0.4, -0.2) is 42.3 Å². The number of rotatable bonds is 5. The van der Waals surface area contributed by atoms with E-state index in [1.807, 2.05) is 6.07 Å². The average molecular weight is 480 g/mol. The fourth-order valence-corrected chi connectivity index (χ4v) is 5.67. The third-order valence-electron chi connectivity index (χ3n) is 5.85. The summed E-state index contributed by atoms with van der Waals surface area (Å²) in [6, 6.07) is 7.74. The highest BCUT2D eigenvalue weighted by Crippen LogP contribution is 2.38. The summed E-state index contributed by atoms with van der Waals surface area (Å²) in [6.45, 7) is -0.211. The largest absolute Gasteiger partial charge is 0.417 e. The molecule has 1 saturated carbocycles. The number of aromatic nitrogens is 1. The smallest absolute Gasteiger partial charge is 0.336 e. The molecule has 1 aromatic heterocycles. The number of hydrogen-bond donors (Lipinski definition) is 2. The molecule has 33 heavy (non-hydrogen) atoms. The van der Waals surface area contributed by atoms with Gasteiger partial charge in [0.25, 0.3) is 5.56 Å². The minimum absolute atomic E-state index is 0.125. The lowest BCUT2D eigenvalue weighted by Crippen LogP contribution is -2.45. The van der Waals surface area contributed by atoms with Gasteiger partial charge < -0.3 is 10.6 Å². The first-order valence-electron chi connectivity index (χ1n) is 10.1. The number of benzene rings is 1. The Bertz CT molecular complexity index is 1310. The molecule has 2 aliphatic rings. The molecular weight excluding hydrogens is 461 g/mol. The van der Waals surface area contributed by atoms with Crippen molar-refractivity contribution < 1.29 is 26.4 Å². The molecule has 1 aliphatic heterocycles. The Hall–Kier alpha value is -3.17. The van der Waals surface area contributed by atoms with E-state index in [4.69, 9.17) is 5.26 Å². The van der Waals surface area contributed by atoms with Crippen LogP contribution in [0.5, 0.6) is 0 Å². The lowest BCUT2D eigenvalue weighted by atomic mass is 10.2. The van der Waals surface area contributed by atoms with E-state index in [-0.39, 0.29) is 18.7 Å². The molecule has 1 saturated heterocycles. The highest BCUT2D eigenvalue weighted by Gasteiger charge is 2.48. The molecule has 1 aromatic carbocycles. The van der Waals surface area contributed by atoms with Gasteiger partial charge in [-0.1, -0.05) is 6.07 Å². The van der Waals surface area contributed by atoms with Gasteiger partial charge in [-0.05, 0) is 43.5 Å². The molecule has 1 aliphatic carbocycles. The van der Waals surface area contributed by atoms with E-state index in [2.05, 4.69) is 10.6 Å². The van der Waals surface area contributed by atoms with Crippen molar-refractivity contribution in [3.63, 3.8) is 0 Å². The molecule has 174 valence electrons. The lowest BCUT2D eigenvalue weighted by Gasteiger charge is -2.18. The number of hydrogen-bond acceptors (Lipinski definition) is 6. The molecule has 0 bridgehead atoms. The van der Waals surface area contributed by atoms with Crippen LogP contribution < -0.4 is 16.2 Å². The second kappa shape index (κ2) is 8.00. The summed E-state index contributed by atoms with van der Waals surface area (Å²) >= 11 is 0. The van der Waals surface area contributed by atoms with Gasteiger partial charge in [-0.3, -0.25) is 14.2 Å². The van der Waals surface area contributed by atoms with E-state index in [0.29, 0.717) is 18.9 Å².